The van der Waals surface area contributed by atoms with Crippen LogP contribution in [0.4, 0.5) is 0 Å². The van der Waals surface area contributed by atoms with E-state index < -0.39 is 0 Å². The van der Waals surface area contributed by atoms with Crippen LogP contribution in [0.15, 0.2) is 0 Å². The van der Waals surface area contributed by atoms with Gasteiger partial charge in [0.05, 0.1) is 24.9 Å². The zero-order valence-corrected chi connectivity index (χ0v) is 13.0. The molecule has 0 aromatic carbocycles. The predicted octanol–water partition coefficient (Wildman–Crippen LogP) is 1.55. The van der Waals surface area contributed by atoms with Gasteiger partial charge in [0.15, 0.2) is 10.4 Å². The summed E-state index contributed by atoms with van der Waals surface area (Å²) in [6.07, 6.45) is 0.181. The largest absolute Gasteiger partial charge is 0.374 e. The van der Waals surface area contributed by atoms with E-state index in [9.17, 15) is 0 Å². The van der Waals surface area contributed by atoms with E-state index in [-0.39, 0.29) is 6.10 Å². The van der Waals surface area contributed by atoms with Crippen LogP contribution in [0.5, 0.6) is 0 Å². The lowest BCUT2D eigenvalue weighted by Crippen LogP contribution is -2.42. The number of imidazole rings is 1. The summed E-state index contributed by atoms with van der Waals surface area (Å²) in [7, 11) is 2.13. The number of rotatable bonds is 3. The maximum absolute atomic E-state index is 5.85. The Hall–Kier alpha value is -1.18. The summed E-state index contributed by atoms with van der Waals surface area (Å²) in [6, 6.07) is 0. The Morgan fingerprint density at radius 2 is 2.30 bits per heavy atom. The number of aromatic nitrogens is 4. The van der Waals surface area contributed by atoms with Crippen LogP contribution in [0, 0.1) is 11.7 Å². The molecule has 110 valence electrons. The minimum Gasteiger partial charge on any atom is -0.374 e. The van der Waals surface area contributed by atoms with Gasteiger partial charge in [-0.3, -0.25) is 4.57 Å². The Balaban J connectivity index is 1.98. The topological polar surface area (TPSA) is 51.0 Å². The standard InChI is InChI=1S/C13H21N5OS/c1-4-18-12-11(9(2)15-18)14-13(20)17(12)8-10-7-16(3)5-6-19-10/h10H,4-8H2,1-3H3,(H,14,20). The van der Waals surface area contributed by atoms with Gasteiger partial charge in [-0.2, -0.15) is 5.10 Å². The first-order chi connectivity index (χ1) is 9.60. The van der Waals surface area contributed by atoms with Crippen LogP contribution in [-0.2, 0) is 17.8 Å². The molecule has 20 heavy (non-hydrogen) atoms. The molecule has 3 rings (SSSR count). The summed E-state index contributed by atoms with van der Waals surface area (Å²) < 4.78 is 10.7. The van der Waals surface area contributed by atoms with Gasteiger partial charge in [-0.05, 0) is 33.1 Å². The number of likely N-dealkylation sites (N-methyl/N-ethyl adjacent to an activating group) is 1. The van der Waals surface area contributed by atoms with E-state index >= 15 is 0 Å². The number of morpholine rings is 1. The van der Waals surface area contributed by atoms with Gasteiger partial charge in [0.2, 0.25) is 0 Å². The fourth-order valence-corrected chi connectivity index (χ4v) is 3.09. The van der Waals surface area contributed by atoms with E-state index in [1.54, 1.807) is 0 Å². The minimum absolute atomic E-state index is 0.181. The van der Waals surface area contributed by atoms with Crippen molar-refractivity contribution >= 4 is 23.4 Å². The molecule has 2 aromatic heterocycles. The van der Waals surface area contributed by atoms with Crippen molar-refractivity contribution < 1.29 is 4.74 Å². The average molecular weight is 295 g/mol. The van der Waals surface area contributed by atoms with E-state index in [1.165, 1.54) is 0 Å². The fourth-order valence-electron chi connectivity index (χ4n) is 2.83. The van der Waals surface area contributed by atoms with Crippen molar-refractivity contribution in [3.63, 3.8) is 0 Å². The highest BCUT2D eigenvalue weighted by atomic mass is 32.1. The maximum atomic E-state index is 5.85. The van der Waals surface area contributed by atoms with Gasteiger partial charge in [-0.15, -0.1) is 0 Å². The minimum atomic E-state index is 0.181. The first-order valence-corrected chi connectivity index (χ1v) is 7.47. The fraction of sp³-hybridized carbons (Fsp3) is 0.692. The SMILES string of the molecule is CCn1nc(C)c2[nH]c(=S)n(CC3CN(C)CCO3)c21. The first-order valence-electron chi connectivity index (χ1n) is 7.06. The van der Waals surface area contributed by atoms with Gasteiger partial charge in [0, 0.05) is 19.6 Å². The normalized spacial score (nSPS) is 20.9. The monoisotopic (exact) mass is 295 g/mol. The van der Waals surface area contributed by atoms with Crippen molar-refractivity contribution in [3.8, 4) is 0 Å². The zero-order valence-electron chi connectivity index (χ0n) is 12.2. The van der Waals surface area contributed by atoms with Crippen molar-refractivity contribution in [2.75, 3.05) is 26.7 Å². The van der Waals surface area contributed by atoms with Crippen LogP contribution < -0.4 is 0 Å². The third-order valence-corrected chi connectivity index (χ3v) is 4.18. The van der Waals surface area contributed by atoms with Gasteiger partial charge in [0.25, 0.3) is 0 Å². The molecule has 0 bridgehead atoms. The second-order valence-electron chi connectivity index (χ2n) is 5.40. The molecule has 7 heteroatoms. The molecule has 3 heterocycles. The van der Waals surface area contributed by atoms with Crippen molar-refractivity contribution in [2.45, 2.75) is 33.0 Å². The third-order valence-electron chi connectivity index (χ3n) is 3.86. The van der Waals surface area contributed by atoms with Crippen LogP contribution in [0.2, 0.25) is 0 Å². The Morgan fingerprint density at radius 3 is 3.00 bits per heavy atom. The Labute approximate surface area is 123 Å². The van der Waals surface area contributed by atoms with Crippen LogP contribution >= 0.6 is 12.2 Å². The van der Waals surface area contributed by atoms with Crippen molar-refractivity contribution in [2.24, 2.45) is 0 Å². The van der Waals surface area contributed by atoms with E-state index in [0.29, 0.717) is 0 Å². The van der Waals surface area contributed by atoms with Crippen molar-refractivity contribution in [1.29, 1.82) is 0 Å². The lowest BCUT2D eigenvalue weighted by atomic mass is 10.3. The van der Waals surface area contributed by atoms with E-state index in [0.717, 1.165) is 54.4 Å². The Morgan fingerprint density at radius 1 is 1.50 bits per heavy atom. The molecule has 0 radical (unpaired) electrons. The molecule has 2 aromatic rings. The van der Waals surface area contributed by atoms with E-state index in [4.69, 9.17) is 17.0 Å². The number of hydrogen-bond acceptors (Lipinski definition) is 4. The number of ether oxygens (including phenoxy) is 1. The van der Waals surface area contributed by atoms with Gasteiger partial charge in [-0.1, -0.05) is 0 Å². The highest BCUT2D eigenvalue weighted by molar-refractivity contribution is 7.71. The van der Waals surface area contributed by atoms with Crippen molar-refractivity contribution in [3.05, 3.63) is 10.5 Å². The summed E-state index contributed by atoms with van der Waals surface area (Å²) in [6.45, 7) is 8.43. The maximum Gasteiger partial charge on any atom is 0.179 e. The summed E-state index contributed by atoms with van der Waals surface area (Å²) in [5.74, 6) is 0. The highest BCUT2D eigenvalue weighted by Gasteiger charge is 2.21. The average Bonchev–Trinajstić information content (AvgIpc) is 2.89. The summed E-state index contributed by atoms with van der Waals surface area (Å²) in [5, 5.41) is 4.55. The molecule has 1 unspecified atom stereocenters. The molecule has 1 saturated heterocycles. The Bertz CT molecular complexity index is 670. The van der Waals surface area contributed by atoms with Crippen LogP contribution in [0.3, 0.4) is 0 Å². The van der Waals surface area contributed by atoms with Crippen LogP contribution in [0.1, 0.15) is 12.6 Å². The number of hydrogen-bond donors (Lipinski definition) is 1. The summed E-state index contributed by atoms with van der Waals surface area (Å²) >= 11 is 5.47. The van der Waals surface area contributed by atoms with Gasteiger partial charge < -0.3 is 14.6 Å². The Kier molecular flexibility index (Phi) is 3.66. The summed E-state index contributed by atoms with van der Waals surface area (Å²) in [5.41, 5.74) is 3.11. The second-order valence-corrected chi connectivity index (χ2v) is 5.78. The molecule has 1 aliphatic rings. The highest BCUT2D eigenvalue weighted by Crippen LogP contribution is 2.19. The molecule has 1 aliphatic heterocycles. The van der Waals surface area contributed by atoms with Crippen LogP contribution in [-0.4, -0.2) is 57.1 Å². The molecule has 1 fully saturated rings. The number of aromatic amines is 1. The molecular weight excluding hydrogens is 274 g/mol. The quantitative estimate of drug-likeness (QED) is 0.873. The molecule has 0 saturated carbocycles. The number of fused-ring (bicyclic) bond motifs is 1. The predicted molar refractivity (Wildman–Crippen MR) is 80.6 cm³/mol. The van der Waals surface area contributed by atoms with E-state index in [2.05, 4.69) is 33.5 Å². The van der Waals surface area contributed by atoms with E-state index in [1.807, 2.05) is 11.6 Å². The number of H-pyrrole nitrogens is 1. The zero-order chi connectivity index (χ0) is 14.3. The lowest BCUT2D eigenvalue weighted by molar-refractivity contribution is -0.0272. The third kappa shape index (κ3) is 2.30. The number of aryl methyl sites for hydroxylation is 2. The van der Waals surface area contributed by atoms with Crippen molar-refractivity contribution in [1.82, 2.24) is 24.2 Å². The van der Waals surface area contributed by atoms with Crippen LogP contribution in [0.25, 0.3) is 11.2 Å². The first kappa shape index (κ1) is 13.8. The molecule has 1 N–H and O–H groups in total. The molecule has 6 nitrogen and oxygen atoms in total. The van der Waals surface area contributed by atoms with Gasteiger partial charge in [0.1, 0.15) is 5.52 Å². The lowest BCUT2D eigenvalue weighted by Gasteiger charge is -2.30. The number of nitrogens with one attached hydrogen (secondary N) is 1. The second kappa shape index (κ2) is 5.31. The summed E-state index contributed by atoms with van der Waals surface area (Å²) in [4.78, 5) is 5.57. The van der Waals surface area contributed by atoms with Gasteiger partial charge >= 0.3 is 0 Å². The number of nitrogens with zero attached hydrogens (tertiary/aromatic N) is 4. The molecule has 0 spiro atoms. The molecule has 1 atom stereocenters. The van der Waals surface area contributed by atoms with Gasteiger partial charge in [-0.25, -0.2) is 4.68 Å². The molecule has 0 aliphatic carbocycles. The molecular formula is C13H21N5OS. The smallest absolute Gasteiger partial charge is 0.179 e. The molecule has 0 amide bonds.